The topological polar surface area (TPSA) is 123 Å². The summed E-state index contributed by atoms with van der Waals surface area (Å²) in [6.07, 6.45) is -1.28. The third kappa shape index (κ3) is 5.85. The Morgan fingerprint density at radius 3 is 2.05 bits per heavy atom. The van der Waals surface area contributed by atoms with Gasteiger partial charge in [0.2, 0.25) is 5.91 Å². The summed E-state index contributed by atoms with van der Waals surface area (Å²) < 4.78 is 16.0. The average molecular weight is 532 g/mol. The molecule has 10 nitrogen and oxygen atoms in total. The maximum Gasteiger partial charge on any atom is 0.418 e. The highest BCUT2D eigenvalue weighted by atomic mass is 16.6. The molecule has 0 bridgehead atoms. The van der Waals surface area contributed by atoms with E-state index in [2.05, 4.69) is 10.9 Å². The van der Waals surface area contributed by atoms with Gasteiger partial charge in [-0.15, -0.1) is 0 Å². The Morgan fingerprint density at radius 1 is 0.872 bits per heavy atom. The van der Waals surface area contributed by atoms with Gasteiger partial charge in [-0.05, 0) is 35.7 Å². The zero-order chi connectivity index (χ0) is 28.0. The Labute approximate surface area is 225 Å². The van der Waals surface area contributed by atoms with Crippen LogP contribution in [0.4, 0.5) is 4.79 Å². The van der Waals surface area contributed by atoms with E-state index in [0.29, 0.717) is 28.2 Å². The molecule has 0 spiro atoms. The van der Waals surface area contributed by atoms with Gasteiger partial charge in [-0.25, -0.2) is 9.69 Å². The summed E-state index contributed by atoms with van der Waals surface area (Å²) in [5.41, 5.74) is 4.26. The molecule has 202 valence electrons. The molecule has 10 heteroatoms. The number of cyclic esters (lactones) is 1. The summed E-state index contributed by atoms with van der Waals surface area (Å²) in [5, 5.41) is 0. The molecule has 0 aromatic heterocycles. The molecule has 1 heterocycles. The van der Waals surface area contributed by atoms with Crippen LogP contribution in [0.2, 0.25) is 0 Å². The number of methoxy groups -OCH3 is 2. The summed E-state index contributed by atoms with van der Waals surface area (Å²) >= 11 is 0. The Morgan fingerprint density at radius 2 is 1.46 bits per heavy atom. The predicted molar refractivity (Wildman–Crippen MR) is 141 cm³/mol. The number of benzene rings is 3. The highest BCUT2D eigenvalue weighted by Crippen LogP contribution is 2.35. The fourth-order valence-corrected chi connectivity index (χ4v) is 4.38. The van der Waals surface area contributed by atoms with Gasteiger partial charge in [0.15, 0.2) is 0 Å². The number of hydrogen-bond donors (Lipinski definition) is 2. The number of hydrogen-bond acceptors (Lipinski definition) is 7. The number of imide groups is 1. The lowest BCUT2D eigenvalue weighted by Gasteiger charge is -2.25. The summed E-state index contributed by atoms with van der Waals surface area (Å²) in [7, 11) is 2.99. The third-order valence-electron chi connectivity index (χ3n) is 6.45. The Kier molecular flexibility index (Phi) is 8.14. The second-order valence-electron chi connectivity index (χ2n) is 9.02. The van der Waals surface area contributed by atoms with Crippen molar-refractivity contribution < 1.29 is 33.4 Å². The highest BCUT2D eigenvalue weighted by Gasteiger charge is 2.60. The normalized spacial score (nSPS) is 17.3. The molecule has 0 radical (unpaired) electrons. The lowest BCUT2D eigenvalue weighted by atomic mass is 9.92. The van der Waals surface area contributed by atoms with Gasteiger partial charge in [-0.1, -0.05) is 60.7 Å². The van der Waals surface area contributed by atoms with E-state index < -0.39 is 35.5 Å². The smallest absolute Gasteiger partial charge is 0.418 e. The standard InChI is InChI=1S/C29H29N3O7/c1-19(22-12-8-5-9-13-22)32-27(35)29(39-28(32)36,18-20-10-6-4-7-11-20)26(34)31-30-25(33)16-21-14-23(37-2)17-24(15-21)38-3/h4-15,17,19H,16,18H2,1-3H3,(H,30,33)(H,31,34)/t19-,29-/m1/s1. The maximum absolute atomic E-state index is 13.8. The molecule has 4 rings (SSSR count). The number of amides is 4. The second kappa shape index (κ2) is 11.7. The van der Waals surface area contributed by atoms with Crippen molar-refractivity contribution in [3.05, 3.63) is 95.6 Å². The minimum atomic E-state index is -2.21. The molecule has 1 aliphatic rings. The van der Waals surface area contributed by atoms with Crippen LogP contribution in [0.1, 0.15) is 29.7 Å². The lowest BCUT2D eigenvalue weighted by Crippen LogP contribution is -2.59. The van der Waals surface area contributed by atoms with Crippen LogP contribution < -0.4 is 20.3 Å². The molecule has 39 heavy (non-hydrogen) atoms. The van der Waals surface area contributed by atoms with Crippen LogP contribution in [0, 0.1) is 0 Å². The van der Waals surface area contributed by atoms with Crippen molar-refractivity contribution in [3.63, 3.8) is 0 Å². The number of rotatable bonds is 9. The molecule has 4 amide bonds. The quantitative estimate of drug-likeness (QED) is 0.321. The van der Waals surface area contributed by atoms with E-state index in [1.54, 1.807) is 79.7 Å². The van der Waals surface area contributed by atoms with Gasteiger partial charge >= 0.3 is 6.09 Å². The van der Waals surface area contributed by atoms with Crippen LogP contribution in [-0.4, -0.2) is 48.5 Å². The molecule has 2 N–H and O–H groups in total. The zero-order valence-electron chi connectivity index (χ0n) is 21.8. The molecule has 0 aliphatic carbocycles. The van der Waals surface area contributed by atoms with E-state index in [0.717, 1.165) is 4.90 Å². The molecular formula is C29H29N3O7. The molecule has 3 aromatic rings. The summed E-state index contributed by atoms with van der Waals surface area (Å²) in [6, 6.07) is 22.0. The van der Waals surface area contributed by atoms with Gasteiger partial charge in [-0.2, -0.15) is 0 Å². The zero-order valence-corrected chi connectivity index (χ0v) is 21.8. The summed E-state index contributed by atoms with van der Waals surface area (Å²) in [4.78, 5) is 53.9. The van der Waals surface area contributed by atoms with E-state index >= 15 is 0 Å². The van der Waals surface area contributed by atoms with Crippen LogP contribution >= 0.6 is 0 Å². The van der Waals surface area contributed by atoms with Crippen molar-refractivity contribution in [1.29, 1.82) is 0 Å². The molecule has 3 aromatic carbocycles. The van der Waals surface area contributed by atoms with Gasteiger partial charge in [0.25, 0.3) is 17.4 Å². The highest BCUT2D eigenvalue weighted by molar-refractivity contribution is 6.17. The first-order valence-electron chi connectivity index (χ1n) is 12.2. The molecule has 1 fully saturated rings. The minimum absolute atomic E-state index is 0.121. The second-order valence-corrected chi connectivity index (χ2v) is 9.02. The van der Waals surface area contributed by atoms with Crippen molar-refractivity contribution in [1.82, 2.24) is 15.8 Å². The van der Waals surface area contributed by atoms with Crippen molar-refractivity contribution in [2.75, 3.05) is 14.2 Å². The van der Waals surface area contributed by atoms with E-state index in [4.69, 9.17) is 14.2 Å². The minimum Gasteiger partial charge on any atom is -0.497 e. The van der Waals surface area contributed by atoms with E-state index in [1.165, 1.54) is 14.2 Å². The number of ether oxygens (including phenoxy) is 3. The molecule has 0 unspecified atom stereocenters. The Bertz CT molecular complexity index is 1340. The van der Waals surface area contributed by atoms with Crippen molar-refractivity contribution in [3.8, 4) is 11.5 Å². The van der Waals surface area contributed by atoms with Crippen molar-refractivity contribution in [2.24, 2.45) is 0 Å². The van der Waals surface area contributed by atoms with Crippen LogP contribution in [-0.2, 0) is 32.0 Å². The van der Waals surface area contributed by atoms with Crippen molar-refractivity contribution in [2.45, 2.75) is 31.4 Å². The van der Waals surface area contributed by atoms with E-state index in [9.17, 15) is 19.2 Å². The molecular weight excluding hydrogens is 502 g/mol. The fourth-order valence-electron chi connectivity index (χ4n) is 4.38. The van der Waals surface area contributed by atoms with E-state index in [-0.39, 0.29) is 12.8 Å². The van der Waals surface area contributed by atoms with Gasteiger partial charge < -0.3 is 14.2 Å². The number of hydrazine groups is 1. The first-order valence-corrected chi connectivity index (χ1v) is 12.2. The number of nitrogens with zero attached hydrogens (tertiary/aromatic N) is 1. The van der Waals surface area contributed by atoms with Crippen molar-refractivity contribution >= 4 is 23.8 Å². The van der Waals surface area contributed by atoms with Gasteiger partial charge in [0.1, 0.15) is 11.5 Å². The van der Waals surface area contributed by atoms with Gasteiger partial charge in [0, 0.05) is 12.5 Å². The van der Waals surface area contributed by atoms with E-state index in [1.807, 2.05) is 6.07 Å². The fraction of sp³-hybridized carbons (Fsp3) is 0.241. The summed E-state index contributed by atoms with van der Waals surface area (Å²) in [5.74, 6) is -1.36. The first-order chi connectivity index (χ1) is 18.8. The number of nitrogens with one attached hydrogen (secondary N) is 2. The number of carbonyl (C=O) groups excluding carboxylic acids is 4. The Balaban J connectivity index is 1.55. The SMILES string of the molecule is COc1cc(CC(=O)NNC(=O)[C@@]2(Cc3ccccc3)OC(=O)N([C@H](C)c3ccccc3)C2=O)cc(OC)c1. The van der Waals surface area contributed by atoms with Crippen LogP contribution in [0.15, 0.2) is 78.9 Å². The molecule has 0 saturated carbocycles. The average Bonchev–Trinajstić information content (AvgIpc) is 3.21. The van der Waals surface area contributed by atoms with Gasteiger partial charge in [-0.3, -0.25) is 25.2 Å². The van der Waals surface area contributed by atoms with Crippen LogP contribution in [0.25, 0.3) is 0 Å². The molecule has 1 saturated heterocycles. The van der Waals surface area contributed by atoms with Gasteiger partial charge in [0.05, 0.1) is 26.7 Å². The summed E-state index contributed by atoms with van der Waals surface area (Å²) in [6.45, 7) is 1.68. The third-order valence-corrected chi connectivity index (χ3v) is 6.45. The monoisotopic (exact) mass is 531 g/mol. The number of carbonyl (C=O) groups is 4. The molecule has 2 atom stereocenters. The Hall–Kier alpha value is -4.86. The van der Waals surface area contributed by atoms with Crippen LogP contribution in [0.3, 0.4) is 0 Å². The first kappa shape index (κ1) is 27.2. The lowest BCUT2D eigenvalue weighted by molar-refractivity contribution is -0.151. The largest absolute Gasteiger partial charge is 0.497 e. The molecule has 1 aliphatic heterocycles. The predicted octanol–water partition coefficient (Wildman–Crippen LogP) is 3.12. The van der Waals surface area contributed by atoms with Crippen LogP contribution in [0.5, 0.6) is 11.5 Å². The maximum atomic E-state index is 13.8.